The van der Waals surface area contributed by atoms with Crippen molar-refractivity contribution >= 4 is 47.1 Å². The number of benzene rings is 5. The summed E-state index contributed by atoms with van der Waals surface area (Å²) in [5.41, 5.74) is 10.7. The van der Waals surface area contributed by atoms with Gasteiger partial charge in [0.25, 0.3) is 0 Å². The van der Waals surface area contributed by atoms with Crippen LogP contribution in [0.3, 0.4) is 0 Å². The number of anilines is 4. The Morgan fingerprint density at radius 2 is 1.05 bits per heavy atom. The van der Waals surface area contributed by atoms with Gasteiger partial charge in [-0.15, -0.1) is 0 Å². The molecule has 0 atom stereocenters. The van der Waals surface area contributed by atoms with Gasteiger partial charge in [-0.25, -0.2) is 4.98 Å². The highest BCUT2D eigenvalue weighted by molar-refractivity contribution is 6.01. The minimum atomic E-state index is 0.529. The molecule has 0 spiro atoms. The Balaban J connectivity index is 1.17. The molecule has 0 fully saturated rings. The Hall–Kier alpha value is -6.07. The lowest BCUT2D eigenvalue weighted by Gasteiger charge is -2.21. The molecular weight excluding hydrogens is 542 g/mol. The Kier molecular flexibility index (Phi) is 6.39. The predicted octanol–water partition coefficient (Wildman–Crippen LogP) is 10.8. The molecule has 0 aliphatic carbocycles. The van der Waals surface area contributed by atoms with Crippen molar-refractivity contribution < 1.29 is 9.47 Å². The highest BCUT2D eigenvalue weighted by Crippen LogP contribution is 2.46. The summed E-state index contributed by atoms with van der Waals surface area (Å²) in [5.74, 6) is 2.56. The number of hydrogen-bond donors (Lipinski definition) is 2. The van der Waals surface area contributed by atoms with Gasteiger partial charge >= 0.3 is 0 Å². The number of rotatable bonds is 5. The van der Waals surface area contributed by atoms with Gasteiger partial charge in [-0.05, 0) is 47.0 Å². The van der Waals surface area contributed by atoms with Crippen LogP contribution in [0.5, 0.6) is 23.1 Å². The maximum atomic E-state index is 6.50. The first-order valence-corrected chi connectivity index (χ1v) is 14.5. The number of aromatic nitrogens is 1. The van der Waals surface area contributed by atoms with E-state index >= 15 is 0 Å². The first kappa shape index (κ1) is 25.6. The van der Waals surface area contributed by atoms with E-state index in [-0.39, 0.29) is 0 Å². The fourth-order valence-corrected chi connectivity index (χ4v) is 5.68. The summed E-state index contributed by atoms with van der Waals surface area (Å²) in [6.07, 6.45) is 10.3. The molecular formula is C39H27N3O2. The normalized spacial score (nSPS) is 12.3. The van der Waals surface area contributed by atoms with Crippen molar-refractivity contribution in [3.05, 3.63) is 150 Å². The molecule has 0 bridgehead atoms. The second kappa shape index (κ2) is 11.0. The summed E-state index contributed by atoms with van der Waals surface area (Å²) in [4.78, 5) is 4.26. The molecule has 0 saturated heterocycles. The lowest BCUT2D eigenvalue weighted by molar-refractivity contribution is 0.449. The van der Waals surface area contributed by atoms with Crippen LogP contribution in [-0.2, 0) is 0 Å². The summed E-state index contributed by atoms with van der Waals surface area (Å²) in [6.45, 7) is 0. The van der Waals surface area contributed by atoms with E-state index in [1.54, 1.807) is 6.20 Å². The number of hydrogen-bond acceptors (Lipinski definition) is 5. The number of fused-ring (bicyclic) bond motifs is 4. The van der Waals surface area contributed by atoms with Crippen LogP contribution >= 0.6 is 0 Å². The molecule has 0 amide bonds. The van der Waals surface area contributed by atoms with Crippen molar-refractivity contribution in [2.24, 2.45) is 0 Å². The molecule has 0 saturated carbocycles. The summed E-state index contributed by atoms with van der Waals surface area (Å²) in [5, 5.41) is 7.51. The number of ether oxygens (including phenoxy) is 2. The minimum absolute atomic E-state index is 0.529. The van der Waals surface area contributed by atoms with Crippen LogP contribution in [0.4, 0.5) is 22.7 Å². The molecule has 3 heterocycles. The number of pyridine rings is 1. The van der Waals surface area contributed by atoms with E-state index in [4.69, 9.17) is 9.47 Å². The van der Waals surface area contributed by atoms with Gasteiger partial charge in [0, 0.05) is 40.7 Å². The van der Waals surface area contributed by atoms with Crippen LogP contribution < -0.4 is 20.1 Å². The zero-order chi connectivity index (χ0) is 29.3. The zero-order valence-corrected chi connectivity index (χ0v) is 23.7. The third kappa shape index (κ3) is 4.86. The topological polar surface area (TPSA) is 55.4 Å². The highest BCUT2D eigenvalue weighted by atomic mass is 16.5. The molecule has 210 valence electrons. The molecule has 2 aliphatic rings. The summed E-state index contributed by atoms with van der Waals surface area (Å²) < 4.78 is 12.4. The highest BCUT2D eigenvalue weighted by Gasteiger charge is 2.20. The molecule has 5 aromatic carbocycles. The lowest BCUT2D eigenvalue weighted by Crippen LogP contribution is -2.01. The van der Waals surface area contributed by atoms with Gasteiger partial charge in [0.1, 0.15) is 11.5 Å². The molecule has 2 aliphatic heterocycles. The quantitative estimate of drug-likeness (QED) is 0.216. The predicted molar refractivity (Wildman–Crippen MR) is 180 cm³/mol. The van der Waals surface area contributed by atoms with Gasteiger partial charge in [0.2, 0.25) is 5.88 Å². The van der Waals surface area contributed by atoms with E-state index in [1.807, 2.05) is 54.6 Å². The Labute approximate surface area is 255 Å². The van der Waals surface area contributed by atoms with E-state index in [9.17, 15) is 0 Å². The molecule has 6 aromatic rings. The maximum absolute atomic E-state index is 6.50. The van der Waals surface area contributed by atoms with Crippen LogP contribution in [0, 0.1) is 0 Å². The van der Waals surface area contributed by atoms with Gasteiger partial charge in [-0.3, -0.25) is 0 Å². The molecule has 44 heavy (non-hydrogen) atoms. The van der Waals surface area contributed by atoms with Crippen molar-refractivity contribution in [1.29, 1.82) is 0 Å². The Morgan fingerprint density at radius 3 is 1.80 bits per heavy atom. The summed E-state index contributed by atoms with van der Waals surface area (Å²) in [7, 11) is 0. The van der Waals surface area contributed by atoms with Crippen LogP contribution in [0.2, 0.25) is 0 Å². The van der Waals surface area contributed by atoms with E-state index < -0.39 is 0 Å². The lowest BCUT2D eigenvalue weighted by atomic mass is 9.96. The van der Waals surface area contributed by atoms with Gasteiger partial charge in [-0.2, -0.15) is 0 Å². The van der Waals surface area contributed by atoms with Gasteiger partial charge < -0.3 is 20.1 Å². The maximum Gasteiger partial charge on any atom is 0.219 e. The second-order valence-electron chi connectivity index (χ2n) is 10.6. The third-order valence-electron chi connectivity index (χ3n) is 7.79. The van der Waals surface area contributed by atoms with Crippen LogP contribution in [0.25, 0.3) is 35.4 Å². The standard InChI is InChI=1S/C39H27N3O2/c1-2-17-34-26(9-1)20-21-27-10-5-15-32(37(27)41-34)33-16-6-11-28-22-23-29-12-7-18-35(39(29)42-38(28)33)43-30-13-8-14-31(25-30)44-36-19-3-4-24-40-36/h1-25,41-42H. The van der Waals surface area contributed by atoms with Crippen LogP contribution in [0.1, 0.15) is 22.3 Å². The van der Waals surface area contributed by atoms with Gasteiger partial charge in [-0.1, -0.05) is 103 Å². The van der Waals surface area contributed by atoms with Crippen LogP contribution in [0.15, 0.2) is 128 Å². The van der Waals surface area contributed by atoms with Crippen molar-refractivity contribution in [1.82, 2.24) is 4.98 Å². The summed E-state index contributed by atoms with van der Waals surface area (Å²) in [6, 6.07) is 40.5. The van der Waals surface area contributed by atoms with Crippen molar-refractivity contribution in [3.8, 4) is 34.3 Å². The first-order chi connectivity index (χ1) is 21.8. The van der Waals surface area contributed by atoms with Crippen molar-refractivity contribution in [3.63, 3.8) is 0 Å². The molecule has 5 nitrogen and oxygen atoms in total. The molecule has 1 aromatic heterocycles. The molecule has 2 N–H and O–H groups in total. The molecule has 0 unspecified atom stereocenters. The van der Waals surface area contributed by atoms with Crippen molar-refractivity contribution in [2.75, 3.05) is 10.6 Å². The van der Waals surface area contributed by atoms with E-state index in [0.29, 0.717) is 23.1 Å². The fourth-order valence-electron chi connectivity index (χ4n) is 5.68. The van der Waals surface area contributed by atoms with E-state index in [1.165, 1.54) is 0 Å². The van der Waals surface area contributed by atoms with Gasteiger partial charge in [0.15, 0.2) is 5.75 Å². The van der Waals surface area contributed by atoms with E-state index in [0.717, 1.165) is 56.1 Å². The summed E-state index contributed by atoms with van der Waals surface area (Å²) >= 11 is 0. The van der Waals surface area contributed by atoms with Crippen LogP contribution in [-0.4, -0.2) is 4.98 Å². The molecule has 0 radical (unpaired) electrons. The number of para-hydroxylation sites is 4. The fraction of sp³-hybridized carbons (Fsp3) is 0. The Bertz CT molecular complexity index is 2080. The third-order valence-corrected chi connectivity index (χ3v) is 7.79. The van der Waals surface area contributed by atoms with Gasteiger partial charge in [0.05, 0.1) is 17.1 Å². The SMILES string of the molecule is C1=Cc2cccc(-c3cccc4c3Nc3c(cccc3Oc3cccc(Oc5ccccn5)c3)C=C4)c2Nc2ccccc21. The monoisotopic (exact) mass is 569 g/mol. The van der Waals surface area contributed by atoms with Crippen molar-refractivity contribution in [2.45, 2.75) is 0 Å². The second-order valence-corrected chi connectivity index (χ2v) is 10.6. The van der Waals surface area contributed by atoms with E-state index in [2.05, 4.69) is 107 Å². The first-order valence-electron chi connectivity index (χ1n) is 14.5. The average molecular weight is 570 g/mol. The average Bonchev–Trinajstić information content (AvgIpc) is 3.38. The number of nitrogens with one attached hydrogen (secondary N) is 2. The zero-order valence-electron chi connectivity index (χ0n) is 23.7. The largest absolute Gasteiger partial charge is 0.455 e. The molecule has 5 heteroatoms. The smallest absolute Gasteiger partial charge is 0.219 e. The number of nitrogens with zero attached hydrogens (tertiary/aromatic N) is 1. The molecule has 8 rings (SSSR count). The Morgan fingerprint density at radius 1 is 0.455 bits per heavy atom. The minimum Gasteiger partial charge on any atom is -0.455 e.